The molecule has 3 rings (SSSR count). The SMILES string of the molecule is OCc1cnc(SCc2ccc(C(F)(F)F)cc2)n1C1CCCC1. The van der Waals surface area contributed by atoms with Crippen molar-refractivity contribution in [2.24, 2.45) is 0 Å². The van der Waals surface area contributed by atoms with Crippen molar-refractivity contribution >= 4 is 11.8 Å². The molecule has 0 radical (unpaired) electrons. The zero-order valence-electron chi connectivity index (χ0n) is 13.1. The second-order valence-electron chi connectivity index (χ2n) is 5.98. The van der Waals surface area contributed by atoms with Crippen molar-refractivity contribution < 1.29 is 18.3 Å². The van der Waals surface area contributed by atoms with Gasteiger partial charge in [-0.2, -0.15) is 13.2 Å². The van der Waals surface area contributed by atoms with Crippen LogP contribution in [0.4, 0.5) is 13.2 Å². The molecule has 1 aliphatic rings. The summed E-state index contributed by atoms with van der Waals surface area (Å²) in [4.78, 5) is 4.39. The standard InChI is InChI=1S/C17H19F3N2OS/c18-17(19,20)13-7-5-12(6-8-13)11-24-16-21-9-15(10-23)22(16)14-3-1-2-4-14/h5-9,14,23H,1-4,10-11H2. The zero-order valence-corrected chi connectivity index (χ0v) is 13.9. The molecule has 0 saturated heterocycles. The largest absolute Gasteiger partial charge is 0.416 e. The van der Waals surface area contributed by atoms with Gasteiger partial charge in [0, 0.05) is 11.8 Å². The minimum Gasteiger partial charge on any atom is -0.390 e. The lowest BCUT2D eigenvalue weighted by Gasteiger charge is -2.17. The highest BCUT2D eigenvalue weighted by atomic mass is 32.2. The van der Waals surface area contributed by atoms with Crippen LogP contribution in [0.2, 0.25) is 0 Å². The number of thioether (sulfide) groups is 1. The summed E-state index contributed by atoms with van der Waals surface area (Å²) in [6.45, 7) is -0.0513. The molecule has 1 heterocycles. The third-order valence-corrected chi connectivity index (χ3v) is 5.38. The van der Waals surface area contributed by atoms with Crippen molar-refractivity contribution in [2.75, 3.05) is 0 Å². The summed E-state index contributed by atoms with van der Waals surface area (Å²) in [5.41, 5.74) is 0.989. The summed E-state index contributed by atoms with van der Waals surface area (Å²) in [6.07, 6.45) is 1.90. The predicted molar refractivity (Wildman–Crippen MR) is 86.7 cm³/mol. The fraction of sp³-hybridized carbons (Fsp3) is 0.471. The summed E-state index contributed by atoms with van der Waals surface area (Å²) in [5, 5.41) is 10.3. The molecule has 1 saturated carbocycles. The minimum atomic E-state index is -4.31. The molecule has 0 unspecified atom stereocenters. The lowest BCUT2D eigenvalue weighted by molar-refractivity contribution is -0.137. The molecule has 2 aromatic rings. The molecule has 0 bridgehead atoms. The third kappa shape index (κ3) is 3.78. The summed E-state index contributed by atoms with van der Waals surface area (Å²) in [7, 11) is 0. The van der Waals surface area contributed by atoms with Crippen LogP contribution in [0.15, 0.2) is 35.6 Å². The molecule has 24 heavy (non-hydrogen) atoms. The molecule has 7 heteroatoms. The molecule has 0 aliphatic heterocycles. The first kappa shape index (κ1) is 17.4. The van der Waals surface area contributed by atoms with Crippen LogP contribution in [-0.2, 0) is 18.5 Å². The van der Waals surface area contributed by atoms with Crippen molar-refractivity contribution in [2.45, 2.75) is 55.4 Å². The molecular formula is C17H19F3N2OS. The van der Waals surface area contributed by atoms with Crippen molar-refractivity contribution in [1.29, 1.82) is 0 Å². The van der Waals surface area contributed by atoms with E-state index in [0.29, 0.717) is 11.8 Å². The number of rotatable bonds is 5. The zero-order chi connectivity index (χ0) is 17.2. The summed E-state index contributed by atoms with van der Waals surface area (Å²) >= 11 is 1.50. The quantitative estimate of drug-likeness (QED) is 0.782. The summed E-state index contributed by atoms with van der Waals surface area (Å²) in [5.74, 6) is 0.548. The molecule has 130 valence electrons. The van der Waals surface area contributed by atoms with E-state index in [0.717, 1.165) is 41.4 Å². The van der Waals surface area contributed by atoms with Crippen molar-refractivity contribution in [1.82, 2.24) is 9.55 Å². The molecule has 1 aromatic heterocycles. The van der Waals surface area contributed by atoms with Gasteiger partial charge >= 0.3 is 6.18 Å². The number of hydrogen-bond donors (Lipinski definition) is 1. The van der Waals surface area contributed by atoms with Gasteiger partial charge in [-0.3, -0.25) is 0 Å². The molecule has 1 aliphatic carbocycles. The normalized spacial score (nSPS) is 16.0. The van der Waals surface area contributed by atoms with Crippen LogP contribution in [0, 0.1) is 0 Å². The fourth-order valence-corrected chi connectivity index (χ4v) is 4.11. The molecular weight excluding hydrogens is 337 g/mol. The number of halogens is 3. The van der Waals surface area contributed by atoms with Gasteiger partial charge in [-0.1, -0.05) is 36.7 Å². The highest BCUT2D eigenvalue weighted by molar-refractivity contribution is 7.98. The number of imidazole rings is 1. The number of nitrogens with zero attached hydrogens (tertiary/aromatic N) is 2. The maximum Gasteiger partial charge on any atom is 0.416 e. The monoisotopic (exact) mass is 356 g/mol. The number of aliphatic hydroxyl groups is 1. The highest BCUT2D eigenvalue weighted by Gasteiger charge is 2.30. The number of aliphatic hydroxyl groups excluding tert-OH is 1. The fourth-order valence-electron chi connectivity index (χ4n) is 3.09. The maximum absolute atomic E-state index is 12.6. The smallest absolute Gasteiger partial charge is 0.390 e. The van der Waals surface area contributed by atoms with Gasteiger partial charge < -0.3 is 9.67 Å². The average molecular weight is 356 g/mol. The Labute approximate surface area is 142 Å². The van der Waals surface area contributed by atoms with E-state index in [4.69, 9.17) is 0 Å². The second-order valence-corrected chi connectivity index (χ2v) is 6.92. The van der Waals surface area contributed by atoms with Gasteiger partial charge in [0.05, 0.1) is 24.1 Å². The first-order chi connectivity index (χ1) is 11.5. The molecule has 1 fully saturated rings. The van der Waals surface area contributed by atoms with Crippen LogP contribution in [-0.4, -0.2) is 14.7 Å². The van der Waals surface area contributed by atoms with Gasteiger partial charge in [0.2, 0.25) is 0 Å². The Morgan fingerprint density at radius 1 is 1.17 bits per heavy atom. The first-order valence-corrected chi connectivity index (χ1v) is 8.93. The van der Waals surface area contributed by atoms with Gasteiger partial charge in [0.15, 0.2) is 5.16 Å². The van der Waals surface area contributed by atoms with Gasteiger partial charge in [0.1, 0.15) is 0 Å². The van der Waals surface area contributed by atoms with Gasteiger partial charge in [-0.15, -0.1) is 0 Å². The van der Waals surface area contributed by atoms with E-state index in [1.807, 2.05) is 0 Å². The van der Waals surface area contributed by atoms with Crippen LogP contribution in [0.5, 0.6) is 0 Å². The summed E-state index contributed by atoms with van der Waals surface area (Å²) in [6, 6.07) is 5.60. The van der Waals surface area contributed by atoms with Crippen LogP contribution in [0.1, 0.15) is 48.5 Å². The van der Waals surface area contributed by atoms with Crippen molar-refractivity contribution in [3.05, 3.63) is 47.3 Å². The van der Waals surface area contributed by atoms with Gasteiger partial charge in [-0.05, 0) is 30.5 Å². The maximum atomic E-state index is 12.6. The molecule has 0 atom stereocenters. The number of aromatic nitrogens is 2. The number of alkyl halides is 3. The predicted octanol–water partition coefficient (Wildman–Crippen LogP) is 4.80. The number of hydrogen-bond acceptors (Lipinski definition) is 3. The Hall–Kier alpha value is -1.47. The molecule has 1 aromatic carbocycles. The Morgan fingerprint density at radius 2 is 1.83 bits per heavy atom. The summed E-state index contributed by atoms with van der Waals surface area (Å²) < 4.78 is 39.9. The van der Waals surface area contributed by atoms with Crippen molar-refractivity contribution in [3.8, 4) is 0 Å². The van der Waals surface area contributed by atoms with E-state index in [-0.39, 0.29) is 6.61 Å². The topological polar surface area (TPSA) is 38.1 Å². The highest BCUT2D eigenvalue weighted by Crippen LogP contribution is 2.35. The van der Waals surface area contributed by atoms with Crippen LogP contribution in [0.3, 0.4) is 0 Å². The van der Waals surface area contributed by atoms with E-state index in [9.17, 15) is 18.3 Å². The van der Waals surface area contributed by atoms with Crippen LogP contribution < -0.4 is 0 Å². The molecule has 1 N–H and O–H groups in total. The lowest BCUT2D eigenvalue weighted by Crippen LogP contribution is -2.10. The molecule has 3 nitrogen and oxygen atoms in total. The molecule has 0 spiro atoms. The Balaban J connectivity index is 1.71. The van der Waals surface area contributed by atoms with Gasteiger partial charge in [-0.25, -0.2) is 4.98 Å². The Kier molecular flexibility index (Phi) is 5.20. The Morgan fingerprint density at radius 3 is 2.42 bits per heavy atom. The number of benzene rings is 1. The van der Waals surface area contributed by atoms with E-state index in [2.05, 4.69) is 9.55 Å². The van der Waals surface area contributed by atoms with E-state index in [1.54, 1.807) is 6.20 Å². The second kappa shape index (κ2) is 7.19. The Bertz CT molecular complexity index is 676. The van der Waals surface area contributed by atoms with E-state index < -0.39 is 11.7 Å². The van der Waals surface area contributed by atoms with Crippen LogP contribution in [0.25, 0.3) is 0 Å². The third-order valence-electron chi connectivity index (χ3n) is 4.34. The van der Waals surface area contributed by atoms with E-state index in [1.165, 1.54) is 36.7 Å². The van der Waals surface area contributed by atoms with Crippen molar-refractivity contribution in [3.63, 3.8) is 0 Å². The van der Waals surface area contributed by atoms with Crippen LogP contribution >= 0.6 is 11.8 Å². The van der Waals surface area contributed by atoms with E-state index >= 15 is 0 Å². The van der Waals surface area contributed by atoms with Gasteiger partial charge in [0.25, 0.3) is 0 Å². The molecule has 0 amide bonds. The average Bonchev–Trinajstić information content (AvgIpc) is 3.21. The first-order valence-electron chi connectivity index (χ1n) is 7.95. The lowest BCUT2D eigenvalue weighted by atomic mass is 10.1. The minimum absolute atomic E-state index is 0.0513.